The van der Waals surface area contributed by atoms with E-state index in [4.69, 9.17) is 0 Å². The van der Waals surface area contributed by atoms with Crippen LogP contribution in [-0.4, -0.2) is 54.3 Å². The molecule has 116 valence electrons. The van der Waals surface area contributed by atoms with Crippen LogP contribution in [0, 0.1) is 0 Å². The number of nitrogens with one attached hydrogen (secondary N) is 1. The van der Waals surface area contributed by atoms with E-state index in [2.05, 4.69) is 28.6 Å². The molecule has 2 rings (SSSR count). The lowest BCUT2D eigenvalue weighted by Gasteiger charge is -2.32. The first-order valence-corrected chi connectivity index (χ1v) is 8.13. The second-order valence-electron chi connectivity index (χ2n) is 5.62. The summed E-state index contributed by atoms with van der Waals surface area (Å²) in [4.78, 5) is 28.2. The number of likely N-dealkylation sites (N-methyl/N-ethyl adjacent to an activating group) is 1. The number of carbonyl (C=O) groups excluding carboxylic acids is 2. The molecule has 2 amide bonds. The lowest BCUT2D eigenvalue weighted by molar-refractivity contribution is -0.133. The molecule has 5 nitrogen and oxygen atoms in total. The molecule has 0 aromatic carbocycles. The van der Waals surface area contributed by atoms with Crippen molar-refractivity contribution in [1.29, 1.82) is 0 Å². The van der Waals surface area contributed by atoms with Gasteiger partial charge in [-0.05, 0) is 30.4 Å². The smallest absolute Gasteiger partial charge is 0.239 e. The van der Waals surface area contributed by atoms with E-state index in [1.165, 1.54) is 22.3 Å². The number of hydrogen-bond acceptors (Lipinski definition) is 4. The first-order valence-electron chi connectivity index (χ1n) is 7.25. The predicted octanol–water partition coefficient (Wildman–Crippen LogP) is 1.09. The van der Waals surface area contributed by atoms with Crippen molar-refractivity contribution in [3.63, 3.8) is 0 Å². The fourth-order valence-corrected chi connectivity index (χ4v) is 3.31. The van der Waals surface area contributed by atoms with E-state index in [1.54, 1.807) is 7.05 Å². The molecule has 0 bridgehead atoms. The van der Waals surface area contributed by atoms with Gasteiger partial charge in [0.1, 0.15) is 0 Å². The first kappa shape index (κ1) is 16.0. The zero-order chi connectivity index (χ0) is 15.4. The molecule has 0 saturated heterocycles. The van der Waals surface area contributed by atoms with E-state index >= 15 is 0 Å². The SMILES string of the molecule is CC(=O)N(C)CC(=O)NC[C@H](C)N1CCc2sccc2C1. The molecule has 6 heteroatoms. The van der Waals surface area contributed by atoms with Crippen LogP contribution in [0.4, 0.5) is 0 Å². The second kappa shape index (κ2) is 7.04. The van der Waals surface area contributed by atoms with Crippen LogP contribution < -0.4 is 5.32 Å². The summed E-state index contributed by atoms with van der Waals surface area (Å²) >= 11 is 1.83. The maximum absolute atomic E-state index is 11.8. The quantitative estimate of drug-likeness (QED) is 0.886. The van der Waals surface area contributed by atoms with Gasteiger partial charge in [-0.3, -0.25) is 14.5 Å². The molecule has 1 aromatic heterocycles. The van der Waals surface area contributed by atoms with Crippen LogP contribution in [0.5, 0.6) is 0 Å². The molecule has 1 aromatic rings. The summed E-state index contributed by atoms with van der Waals surface area (Å²) in [5, 5.41) is 5.06. The number of amides is 2. The Morgan fingerprint density at radius 3 is 3.00 bits per heavy atom. The van der Waals surface area contributed by atoms with Gasteiger partial charge in [-0.25, -0.2) is 0 Å². The lowest BCUT2D eigenvalue weighted by atomic mass is 10.1. The van der Waals surface area contributed by atoms with Gasteiger partial charge in [0.15, 0.2) is 0 Å². The van der Waals surface area contributed by atoms with Crippen molar-refractivity contribution >= 4 is 23.2 Å². The standard InChI is InChI=1S/C15H23N3O2S/c1-11(8-16-15(20)10-17(3)12(2)19)18-6-4-14-13(9-18)5-7-21-14/h5,7,11H,4,6,8-10H2,1-3H3,(H,16,20)/t11-/m0/s1. The molecule has 0 fully saturated rings. The molecule has 0 saturated carbocycles. The molecule has 0 aliphatic carbocycles. The van der Waals surface area contributed by atoms with E-state index in [0.717, 1.165) is 19.5 Å². The Balaban J connectivity index is 1.76. The highest BCUT2D eigenvalue weighted by Crippen LogP contribution is 2.24. The molecule has 1 atom stereocenters. The fraction of sp³-hybridized carbons (Fsp3) is 0.600. The predicted molar refractivity (Wildman–Crippen MR) is 84.2 cm³/mol. The van der Waals surface area contributed by atoms with Crippen molar-refractivity contribution in [1.82, 2.24) is 15.1 Å². The summed E-state index contributed by atoms with van der Waals surface area (Å²) in [6, 6.07) is 2.49. The molecule has 21 heavy (non-hydrogen) atoms. The monoisotopic (exact) mass is 309 g/mol. The Morgan fingerprint density at radius 1 is 1.52 bits per heavy atom. The summed E-state index contributed by atoms with van der Waals surface area (Å²) in [5.74, 6) is -0.202. The third-order valence-electron chi connectivity index (χ3n) is 3.97. The minimum atomic E-state index is -0.104. The highest BCUT2D eigenvalue weighted by Gasteiger charge is 2.21. The molecule has 0 unspecified atom stereocenters. The molecular weight excluding hydrogens is 286 g/mol. The number of fused-ring (bicyclic) bond motifs is 1. The summed E-state index contributed by atoms with van der Waals surface area (Å²) in [6.45, 7) is 6.33. The minimum absolute atomic E-state index is 0.0979. The summed E-state index contributed by atoms with van der Waals surface area (Å²) in [5.41, 5.74) is 1.42. The van der Waals surface area contributed by atoms with Gasteiger partial charge < -0.3 is 10.2 Å². The van der Waals surface area contributed by atoms with Crippen LogP contribution in [0.1, 0.15) is 24.3 Å². The molecule has 0 spiro atoms. The van der Waals surface area contributed by atoms with Crippen LogP contribution in [-0.2, 0) is 22.6 Å². The van der Waals surface area contributed by atoms with Crippen molar-refractivity contribution in [2.45, 2.75) is 32.9 Å². The Kier molecular flexibility index (Phi) is 5.36. The van der Waals surface area contributed by atoms with Crippen molar-refractivity contribution in [2.24, 2.45) is 0 Å². The van der Waals surface area contributed by atoms with E-state index in [0.29, 0.717) is 12.6 Å². The summed E-state index contributed by atoms with van der Waals surface area (Å²) in [6.07, 6.45) is 1.10. The van der Waals surface area contributed by atoms with Gasteiger partial charge in [0.05, 0.1) is 6.54 Å². The van der Waals surface area contributed by atoms with Crippen molar-refractivity contribution in [3.8, 4) is 0 Å². The first-order chi connectivity index (χ1) is 9.97. The average molecular weight is 309 g/mol. The van der Waals surface area contributed by atoms with Gasteiger partial charge in [-0.2, -0.15) is 0 Å². The maximum atomic E-state index is 11.8. The van der Waals surface area contributed by atoms with Crippen LogP contribution >= 0.6 is 11.3 Å². The van der Waals surface area contributed by atoms with Gasteiger partial charge in [0.25, 0.3) is 0 Å². The minimum Gasteiger partial charge on any atom is -0.353 e. The van der Waals surface area contributed by atoms with Gasteiger partial charge in [-0.15, -0.1) is 11.3 Å². The fourth-order valence-electron chi connectivity index (χ4n) is 2.42. The number of nitrogens with zero attached hydrogens (tertiary/aromatic N) is 2. The largest absolute Gasteiger partial charge is 0.353 e. The summed E-state index contributed by atoms with van der Waals surface area (Å²) < 4.78 is 0. The van der Waals surface area contributed by atoms with Crippen molar-refractivity contribution in [3.05, 3.63) is 21.9 Å². The molecule has 2 heterocycles. The third kappa shape index (κ3) is 4.28. The number of hydrogen-bond donors (Lipinski definition) is 1. The Hall–Kier alpha value is -1.40. The van der Waals surface area contributed by atoms with Crippen molar-refractivity contribution in [2.75, 3.05) is 26.7 Å². The lowest BCUT2D eigenvalue weighted by Crippen LogP contribution is -2.46. The molecule has 1 N–H and O–H groups in total. The molecular formula is C15H23N3O2S. The highest BCUT2D eigenvalue weighted by molar-refractivity contribution is 7.10. The Morgan fingerprint density at radius 2 is 2.29 bits per heavy atom. The maximum Gasteiger partial charge on any atom is 0.239 e. The Bertz CT molecular complexity index is 515. The molecule has 1 aliphatic rings. The zero-order valence-electron chi connectivity index (χ0n) is 12.9. The second-order valence-corrected chi connectivity index (χ2v) is 6.62. The molecule has 1 aliphatic heterocycles. The van der Waals surface area contributed by atoms with Gasteiger partial charge in [0.2, 0.25) is 11.8 Å². The van der Waals surface area contributed by atoms with Crippen molar-refractivity contribution < 1.29 is 9.59 Å². The normalized spacial score (nSPS) is 16.1. The van der Waals surface area contributed by atoms with Crippen LogP contribution in [0.3, 0.4) is 0 Å². The van der Waals surface area contributed by atoms with Crippen LogP contribution in [0.25, 0.3) is 0 Å². The van der Waals surface area contributed by atoms with Crippen LogP contribution in [0.2, 0.25) is 0 Å². The Labute approximate surface area is 129 Å². The van der Waals surface area contributed by atoms with Gasteiger partial charge in [0, 0.05) is 44.5 Å². The highest BCUT2D eigenvalue weighted by atomic mass is 32.1. The van der Waals surface area contributed by atoms with Crippen LogP contribution in [0.15, 0.2) is 11.4 Å². The van der Waals surface area contributed by atoms with Gasteiger partial charge in [-0.1, -0.05) is 0 Å². The van der Waals surface area contributed by atoms with E-state index in [-0.39, 0.29) is 18.4 Å². The van der Waals surface area contributed by atoms with E-state index < -0.39 is 0 Å². The number of carbonyl (C=O) groups is 2. The topological polar surface area (TPSA) is 52.7 Å². The van der Waals surface area contributed by atoms with Gasteiger partial charge >= 0.3 is 0 Å². The number of rotatable bonds is 5. The average Bonchev–Trinajstić information content (AvgIpc) is 2.91. The van der Waals surface area contributed by atoms with E-state index in [1.807, 2.05) is 11.3 Å². The zero-order valence-corrected chi connectivity index (χ0v) is 13.7. The molecule has 0 radical (unpaired) electrons. The third-order valence-corrected chi connectivity index (χ3v) is 5.00. The van der Waals surface area contributed by atoms with E-state index in [9.17, 15) is 9.59 Å². The number of thiophene rings is 1. The summed E-state index contributed by atoms with van der Waals surface area (Å²) in [7, 11) is 1.63.